The molecule has 1 amide bonds. The van der Waals surface area contributed by atoms with E-state index in [2.05, 4.69) is 10.5 Å². The van der Waals surface area contributed by atoms with Gasteiger partial charge in [-0.25, -0.2) is 0 Å². The lowest BCUT2D eigenvalue weighted by Crippen LogP contribution is -2.42. The van der Waals surface area contributed by atoms with Crippen molar-refractivity contribution in [3.8, 4) is 0 Å². The molecule has 3 rings (SSSR count). The van der Waals surface area contributed by atoms with Gasteiger partial charge in [0.2, 0.25) is 5.91 Å². The highest BCUT2D eigenvalue weighted by Crippen LogP contribution is 2.49. The SMILES string of the molecule is CC(=O)NCc1cc(C2=NOC(c3cc(Cl)cc(Cl)c3)(C(F)(F)F)C2)ccc1Cl. The molecule has 1 heterocycles. The van der Waals surface area contributed by atoms with Gasteiger partial charge in [0.15, 0.2) is 0 Å². The first-order chi connectivity index (χ1) is 13.5. The fraction of sp³-hybridized carbons (Fsp3) is 0.263. The summed E-state index contributed by atoms with van der Waals surface area (Å²) >= 11 is 17.9. The molecule has 4 nitrogen and oxygen atoms in total. The molecule has 0 spiro atoms. The van der Waals surface area contributed by atoms with E-state index in [1.54, 1.807) is 12.1 Å². The minimum Gasteiger partial charge on any atom is -0.374 e. The van der Waals surface area contributed by atoms with Crippen molar-refractivity contribution in [2.75, 3.05) is 0 Å². The summed E-state index contributed by atoms with van der Waals surface area (Å²) < 4.78 is 42.2. The van der Waals surface area contributed by atoms with Crippen LogP contribution in [0.2, 0.25) is 15.1 Å². The predicted octanol–water partition coefficient (Wildman–Crippen LogP) is 5.87. The number of hydrogen-bond acceptors (Lipinski definition) is 3. The molecule has 29 heavy (non-hydrogen) atoms. The van der Waals surface area contributed by atoms with E-state index in [1.165, 1.54) is 19.1 Å². The van der Waals surface area contributed by atoms with Gasteiger partial charge >= 0.3 is 6.18 Å². The Morgan fingerprint density at radius 2 is 1.83 bits per heavy atom. The highest BCUT2D eigenvalue weighted by molar-refractivity contribution is 6.34. The molecule has 1 unspecified atom stereocenters. The van der Waals surface area contributed by atoms with Crippen LogP contribution < -0.4 is 5.32 Å². The molecule has 2 aromatic rings. The van der Waals surface area contributed by atoms with Gasteiger partial charge in [-0.15, -0.1) is 0 Å². The molecule has 2 aromatic carbocycles. The lowest BCUT2D eigenvalue weighted by Gasteiger charge is -2.29. The minimum atomic E-state index is -4.78. The van der Waals surface area contributed by atoms with E-state index in [-0.39, 0.29) is 33.8 Å². The van der Waals surface area contributed by atoms with Crippen molar-refractivity contribution < 1.29 is 22.8 Å². The molecule has 10 heteroatoms. The number of hydrogen-bond donors (Lipinski definition) is 1. The second-order valence-corrected chi connectivity index (χ2v) is 7.78. The van der Waals surface area contributed by atoms with Crippen LogP contribution in [0.15, 0.2) is 41.6 Å². The zero-order valence-corrected chi connectivity index (χ0v) is 17.2. The lowest BCUT2D eigenvalue weighted by atomic mass is 9.86. The Morgan fingerprint density at radius 3 is 2.41 bits per heavy atom. The number of alkyl halides is 3. The van der Waals surface area contributed by atoms with Crippen LogP contribution >= 0.6 is 34.8 Å². The van der Waals surface area contributed by atoms with Gasteiger partial charge in [0.05, 0.1) is 5.71 Å². The van der Waals surface area contributed by atoms with E-state index in [0.717, 1.165) is 12.1 Å². The summed E-state index contributed by atoms with van der Waals surface area (Å²) in [6.45, 7) is 1.48. The molecule has 0 radical (unpaired) electrons. The quantitative estimate of drug-likeness (QED) is 0.614. The van der Waals surface area contributed by atoms with Gasteiger partial charge in [-0.1, -0.05) is 46.0 Å². The first-order valence-electron chi connectivity index (χ1n) is 8.33. The van der Waals surface area contributed by atoms with E-state index < -0.39 is 18.2 Å². The highest BCUT2D eigenvalue weighted by atomic mass is 35.5. The summed E-state index contributed by atoms with van der Waals surface area (Å²) in [5.41, 5.74) is -1.94. The van der Waals surface area contributed by atoms with Gasteiger partial charge in [-0.2, -0.15) is 13.2 Å². The first-order valence-corrected chi connectivity index (χ1v) is 9.47. The molecule has 1 aliphatic heterocycles. The molecule has 0 saturated carbocycles. The zero-order valence-electron chi connectivity index (χ0n) is 14.9. The molecule has 1 atom stereocenters. The van der Waals surface area contributed by atoms with Crippen LogP contribution in [0.5, 0.6) is 0 Å². The van der Waals surface area contributed by atoms with Crippen LogP contribution in [0.25, 0.3) is 0 Å². The maximum Gasteiger partial charge on any atom is 0.435 e. The van der Waals surface area contributed by atoms with Gasteiger partial charge in [0, 0.05) is 40.5 Å². The predicted molar refractivity (Wildman–Crippen MR) is 105 cm³/mol. The Morgan fingerprint density at radius 1 is 1.17 bits per heavy atom. The van der Waals surface area contributed by atoms with Crippen molar-refractivity contribution in [2.45, 2.75) is 31.7 Å². The monoisotopic (exact) mass is 464 g/mol. The second kappa shape index (κ2) is 8.05. The summed E-state index contributed by atoms with van der Waals surface area (Å²) in [6.07, 6.45) is -5.36. The van der Waals surface area contributed by atoms with Crippen molar-refractivity contribution in [3.63, 3.8) is 0 Å². The van der Waals surface area contributed by atoms with Crippen LogP contribution in [0.4, 0.5) is 13.2 Å². The maximum absolute atomic E-state index is 14.1. The summed E-state index contributed by atoms with van der Waals surface area (Å²) in [5, 5.41) is 6.78. The molecule has 1 aliphatic rings. The van der Waals surface area contributed by atoms with Gasteiger partial charge < -0.3 is 10.2 Å². The van der Waals surface area contributed by atoms with Crippen molar-refractivity contribution in [1.82, 2.24) is 5.32 Å². The summed E-state index contributed by atoms with van der Waals surface area (Å²) in [5.74, 6) is -0.262. The van der Waals surface area contributed by atoms with Gasteiger partial charge in [-0.3, -0.25) is 4.79 Å². The molecule has 0 bridgehead atoms. The summed E-state index contributed by atoms with van der Waals surface area (Å²) in [7, 11) is 0. The molecule has 0 saturated heterocycles. The number of nitrogens with one attached hydrogen (secondary N) is 1. The molecular weight excluding hydrogens is 452 g/mol. The number of carbonyl (C=O) groups excluding carboxylic acids is 1. The fourth-order valence-electron chi connectivity index (χ4n) is 2.95. The number of benzene rings is 2. The number of nitrogens with zero attached hydrogens (tertiary/aromatic N) is 1. The molecule has 1 N–H and O–H groups in total. The number of rotatable bonds is 4. The zero-order chi connectivity index (χ0) is 21.4. The minimum absolute atomic E-state index is 0.0530. The normalized spacial score (nSPS) is 18.9. The standard InChI is InChI=1S/C19H14Cl3F3N2O2/c1-10(28)26-9-12-4-11(2-3-16(12)22)17-8-18(29-27-17,19(23,24)25)13-5-14(20)7-15(21)6-13/h2-7H,8-9H2,1H3,(H,26,28). The van der Waals surface area contributed by atoms with Crippen LogP contribution in [-0.2, 0) is 21.8 Å². The molecule has 0 aliphatic carbocycles. The van der Waals surface area contributed by atoms with Crippen LogP contribution in [0, 0.1) is 0 Å². The summed E-state index contributed by atoms with van der Waals surface area (Å²) in [4.78, 5) is 16.1. The topological polar surface area (TPSA) is 50.7 Å². The fourth-order valence-corrected chi connectivity index (χ4v) is 3.67. The Bertz CT molecular complexity index is 975. The van der Waals surface area contributed by atoms with E-state index >= 15 is 0 Å². The van der Waals surface area contributed by atoms with Gasteiger partial charge in [0.1, 0.15) is 0 Å². The second-order valence-electron chi connectivity index (χ2n) is 6.50. The highest BCUT2D eigenvalue weighted by Gasteiger charge is 2.62. The lowest BCUT2D eigenvalue weighted by molar-refractivity contribution is -0.275. The third-order valence-corrected chi connectivity index (χ3v) is 5.23. The average molecular weight is 466 g/mol. The van der Waals surface area contributed by atoms with E-state index in [9.17, 15) is 18.0 Å². The summed E-state index contributed by atoms with van der Waals surface area (Å²) in [6, 6.07) is 8.28. The first kappa shape index (κ1) is 21.7. The number of amides is 1. The van der Waals surface area contributed by atoms with E-state index in [4.69, 9.17) is 39.6 Å². The Kier molecular flexibility index (Phi) is 6.03. The van der Waals surface area contributed by atoms with Gasteiger partial charge in [-0.05, 0) is 41.5 Å². The van der Waals surface area contributed by atoms with E-state index in [1.807, 2.05) is 0 Å². The molecule has 0 fully saturated rings. The van der Waals surface area contributed by atoms with Crippen molar-refractivity contribution in [1.29, 1.82) is 0 Å². The average Bonchev–Trinajstić information content (AvgIpc) is 3.07. The Balaban J connectivity index is 1.97. The number of oxime groups is 1. The van der Waals surface area contributed by atoms with Crippen LogP contribution in [0.3, 0.4) is 0 Å². The molecular formula is C19H14Cl3F3N2O2. The van der Waals surface area contributed by atoms with Crippen molar-refractivity contribution in [3.05, 3.63) is 68.2 Å². The number of carbonyl (C=O) groups is 1. The van der Waals surface area contributed by atoms with Gasteiger partial charge in [0.25, 0.3) is 5.60 Å². The number of halogens is 6. The van der Waals surface area contributed by atoms with Crippen molar-refractivity contribution in [2.24, 2.45) is 5.16 Å². The molecule has 0 aromatic heterocycles. The van der Waals surface area contributed by atoms with Crippen LogP contribution in [0.1, 0.15) is 30.0 Å². The smallest absolute Gasteiger partial charge is 0.374 e. The largest absolute Gasteiger partial charge is 0.435 e. The third kappa shape index (κ3) is 4.47. The third-order valence-electron chi connectivity index (χ3n) is 4.42. The molecule has 154 valence electrons. The Hall–Kier alpha value is -1.96. The maximum atomic E-state index is 14.1. The van der Waals surface area contributed by atoms with Crippen molar-refractivity contribution >= 4 is 46.4 Å². The van der Waals surface area contributed by atoms with E-state index in [0.29, 0.717) is 16.1 Å². The van der Waals surface area contributed by atoms with Crippen LogP contribution in [-0.4, -0.2) is 17.8 Å². The Labute approximate surface area is 179 Å².